The number of nitrogens with one attached hydrogen (secondary N) is 1. The molecule has 0 aromatic heterocycles. The Morgan fingerprint density at radius 3 is 2.37 bits per heavy atom. The quantitative estimate of drug-likeness (QED) is 0.222. The van der Waals surface area contributed by atoms with Crippen molar-refractivity contribution >= 4 is 45.2 Å². The van der Waals surface area contributed by atoms with Crippen molar-refractivity contribution < 1.29 is 29.0 Å². The summed E-state index contributed by atoms with van der Waals surface area (Å²) in [6, 6.07) is 27.8. The van der Waals surface area contributed by atoms with Gasteiger partial charge in [-0.1, -0.05) is 48.5 Å². The number of benzene rings is 4. The van der Waals surface area contributed by atoms with Gasteiger partial charge in [-0.05, 0) is 89.3 Å². The zero-order valence-electron chi connectivity index (χ0n) is 28.8. The minimum Gasteiger partial charge on any atom is -0.508 e. The van der Waals surface area contributed by atoms with Crippen LogP contribution in [0.3, 0.4) is 0 Å². The van der Waals surface area contributed by atoms with E-state index in [9.17, 15) is 24.3 Å². The fourth-order valence-electron chi connectivity index (χ4n) is 8.37. The summed E-state index contributed by atoms with van der Waals surface area (Å²) in [4.78, 5) is 56.6. The van der Waals surface area contributed by atoms with Crippen molar-refractivity contribution in [1.29, 1.82) is 0 Å². The summed E-state index contributed by atoms with van der Waals surface area (Å²) in [7, 11) is 2.09. The average molecular weight is 764 g/mol. The van der Waals surface area contributed by atoms with E-state index in [0.717, 1.165) is 47.7 Å². The molecule has 0 aliphatic carbocycles. The molecule has 52 heavy (non-hydrogen) atoms. The van der Waals surface area contributed by atoms with Crippen LogP contribution >= 0.6 is 15.9 Å². The fourth-order valence-corrected chi connectivity index (χ4v) is 9.04. The number of hydrogen-bond donors (Lipinski definition) is 2. The van der Waals surface area contributed by atoms with Gasteiger partial charge >= 0.3 is 0 Å². The van der Waals surface area contributed by atoms with Gasteiger partial charge in [0.15, 0.2) is 0 Å². The molecule has 4 aromatic rings. The van der Waals surface area contributed by atoms with E-state index in [4.69, 9.17) is 4.74 Å². The Hall–Kier alpha value is -5.00. The van der Waals surface area contributed by atoms with E-state index in [0.29, 0.717) is 23.7 Å². The number of phenolic OH excluding ortho intramolecular Hbond substituents is 1. The van der Waals surface area contributed by atoms with Gasteiger partial charge < -0.3 is 14.7 Å². The first-order valence-electron chi connectivity index (χ1n) is 17.8. The lowest BCUT2D eigenvalue weighted by Gasteiger charge is -2.38. The molecule has 4 aromatic carbocycles. The van der Waals surface area contributed by atoms with E-state index in [1.807, 2.05) is 18.2 Å². The number of rotatable bonds is 7. The molecule has 4 aliphatic heterocycles. The lowest BCUT2D eigenvalue weighted by molar-refractivity contribution is -0.136. The van der Waals surface area contributed by atoms with E-state index in [1.165, 1.54) is 16.8 Å². The molecule has 4 aliphatic rings. The summed E-state index contributed by atoms with van der Waals surface area (Å²) in [6.45, 7) is 2.94. The number of halogens is 1. The molecule has 0 spiro atoms. The van der Waals surface area contributed by atoms with Gasteiger partial charge in [-0.25, -0.2) is 0 Å². The van der Waals surface area contributed by atoms with Gasteiger partial charge in [0.2, 0.25) is 11.8 Å². The first-order chi connectivity index (χ1) is 25.2. The molecule has 0 radical (unpaired) electrons. The summed E-state index contributed by atoms with van der Waals surface area (Å²) < 4.78 is 6.67. The lowest BCUT2D eigenvalue weighted by atomic mass is 9.76. The molecule has 3 atom stereocenters. The monoisotopic (exact) mass is 762 g/mol. The van der Waals surface area contributed by atoms with Gasteiger partial charge in [0, 0.05) is 65.7 Å². The number of nitrogens with zero attached hydrogens (tertiary/aromatic N) is 3. The maximum atomic E-state index is 13.4. The summed E-state index contributed by atoms with van der Waals surface area (Å²) >= 11 is 3.52. The minimum absolute atomic E-state index is 0.0818. The Kier molecular flexibility index (Phi) is 9.09. The van der Waals surface area contributed by atoms with Gasteiger partial charge in [-0.2, -0.15) is 0 Å². The molecule has 1 unspecified atom stereocenters. The van der Waals surface area contributed by atoms with Crippen LogP contribution in [0.5, 0.6) is 11.5 Å². The second-order valence-electron chi connectivity index (χ2n) is 14.2. The van der Waals surface area contributed by atoms with Crippen LogP contribution in [0.25, 0.3) is 0 Å². The Morgan fingerprint density at radius 2 is 1.63 bits per heavy atom. The van der Waals surface area contributed by atoms with Crippen LogP contribution in [0.15, 0.2) is 89.4 Å². The van der Waals surface area contributed by atoms with E-state index >= 15 is 0 Å². The van der Waals surface area contributed by atoms with Crippen molar-refractivity contribution in [3.63, 3.8) is 0 Å². The van der Waals surface area contributed by atoms with Gasteiger partial charge in [0.25, 0.3) is 11.8 Å². The number of fused-ring (bicyclic) bond motifs is 2. The normalized spacial score (nSPS) is 21.9. The van der Waals surface area contributed by atoms with Crippen molar-refractivity contribution in [3.05, 3.63) is 123 Å². The third-order valence-electron chi connectivity index (χ3n) is 11.1. The lowest BCUT2D eigenvalue weighted by Crippen LogP contribution is -2.54. The van der Waals surface area contributed by atoms with Gasteiger partial charge in [-0.3, -0.25) is 34.3 Å². The first kappa shape index (κ1) is 34.1. The standard InChI is InChI=1S/C41H39BrN4O6/c1-44(22-24-19-31-38(33(42)20-24)41(51)46(40(31)50)34-13-14-36(48)43-39(34)49)27-15-17-45(18-16-27)28-9-7-26(8-10-28)37-30-12-11-29(47)21-35(30)52-23-32(37)25-5-3-2-4-6-25/h2-12,19-21,27,32,34,37,47H,13-18,22-23H2,1H3,(H,43,48,49)/t32-,34?,37-/m1/s1. The van der Waals surface area contributed by atoms with E-state index in [1.54, 1.807) is 18.2 Å². The average Bonchev–Trinajstić information content (AvgIpc) is 3.40. The molecule has 4 heterocycles. The summed E-state index contributed by atoms with van der Waals surface area (Å²) in [5.41, 5.74) is 6.14. The van der Waals surface area contributed by atoms with E-state index in [-0.39, 0.29) is 41.6 Å². The fraction of sp³-hybridized carbons (Fsp3) is 0.317. The van der Waals surface area contributed by atoms with Crippen LogP contribution < -0.4 is 15.0 Å². The van der Waals surface area contributed by atoms with E-state index < -0.39 is 29.7 Å². The van der Waals surface area contributed by atoms with Crippen molar-refractivity contribution in [2.24, 2.45) is 0 Å². The highest BCUT2D eigenvalue weighted by Crippen LogP contribution is 2.47. The largest absolute Gasteiger partial charge is 0.508 e. The number of ether oxygens (including phenoxy) is 1. The molecule has 2 saturated heterocycles. The van der Waals surface area contributed by atoms with Gasteiger partial charge in [0.05, 0.1) is 17.7 Å². The van der Waals surface area contributed by atoms with Crippen molar-refractivity contribution in [2.75, 3.05) is 31.6 Å². The van der Waals surface area contributed by atoms with Crippen LogP contribution in [-0.4, -0.2) is 77.4 Å². The number of amides is 4. The molecule has 2 N–H and O–H groups in total. The highest BCUT2D eigenvalue weighted by atomic mass is 79.9. The summed E-state index contributed by atoms with van der Waals surface area (Å²) in [5, 5.41) is 12.4. The predicted octanol–water partition coefficient (Wildman–Crippen LogP) is 5.96. The molecular formula is C41H39BrN4O6. The molecule has 10 nitrogen and oxygen atoms in total. The van der Waals surface area contributed by atoms with Gasteiger partial charge in [0.1, 0.15) is 17.5 Å². The molecule has 11 heteroatoms. The minimum atomic E-state index is -0.996. The number of carbonyl (C=O) groups excluding carboxylic acids is 4. The molecule has 0 saturated carbocycles. The summed E-state index contributed by atoms with van der Waals surface area (Å²) in [5.74, 6) is -0.874. The van der Waals surface area contributed by atoms with Crippen LogP contribution in [0.4, 0.5) is 5.69 Å². The third kappa shape index (κ3) is 6.26. The Bertz CT molecular complexity index is 2060. The van der Waals surface area contributed by atoms with Crippen LogP contribution in [0.2, 0.25) is 0 Å². The van der Waals surface area contributed by atoms with Crippen LogP contribution in [-0.2, 0) is 16.1 Å². The van der Waals surface area contributed by atoms with E-state index in [2.05, 4.69) is 86.6 Å². The number of phenols is 1. The Morgan fingerprint density at radius 1 is 0.885 bits per heavy atom. The predicted molar refractivity (Wildman–Crippen MR) is 199 cm³/mol. The second-order valence-corrected chi connectivity index (χ2v) is 15.1. The number of piperidine rings is 2. The summed E-state index contributed by atoms with van der Waals surface area (Å²) in [6.07, 6.45) is 2.14. The zero-order valence-corrected chi connectivity index (χ0v) is 30.3. The molecule has 4 amide bonds. The molecule has 8 rings (SSSR count). The third-order valence-corrected chi connectivity index (χ3v) is 11.7. The molecule has 2 fully saturated rings. The smallest absolute Gasteiger partial charge is 0.263 e. The van der Waals surface area contributed by atoms with Crippen molar-refractivity contribution in [1.82, 2.24) is 15.1 Å². The maximum Gasteiger partial charge on any atom is 0.263 e. The second kappa shape index (κ2) is 13.9. The Labute approximate surface area is 310 Å². The number of imide groups is 2. The highest BCUT2D eigenvalue weighted by Gasteiger charge is 2.45. The molecule has 0 bridgehead atoms. The van der Waals surface area contributed by atoms with Gasteiger partial charge in [-0.15, -0.1) is 0 Å². The zero-order chi connectivity index (χ0) is 36.1. The Balaban J connectivity index is 0.927. The van der Waals surface area contributed by atoms with Crippen LogP contribution in [0.1, 0.15) is 80.5 Å². The number of aromatic hydroxyl groups is 1. The maximum absolute atomic E-state index is 13.4. The highest BCUT2D eigenvalue weighted by molar-refractivity contribution is 9.10. The van der Waals surface area contributed by atoms with Crippen molar-refractivity contribution in [3.8, 4) is 11.5 Å². The topological polar surface area (TPSA) is 119 Å². The number of hydrogen-bond acceptors (Lipinski definition) is 8. The SMILES string of the molecule is CN(Cc1cc(Br)c2c(c1)C(=O)N(C1CCC(=O)NC1=O)C2=O)C1CCN(c2ccc([C@@H]3c4ccc(O)cc4OC[C@@H]3c3ccccc3)cc2)CC1. The first-order valence-corrected chi connectivity index (χ1v) is 18.6. The molecule has 266 valence electrons. The van der Waals surface area contributed by atoms with Crippen LogP contribution in [0, 0.1) is 0 Å². The number of carbonyl (C=O) groups is 4. The van der Waals surface area contributed by atoms with Crippen molar-refractivity contribution in [2.45, 2.75) is 56.1 Å². The number of anilines is 1. The molecular weight excluding hydrogens is 724 g/mol.